The molecule has 3 aromatic rings. The number of hydrogen-bond donors (Lipinski definition) is 5. The van der Waals surface area contributed by atoms with Gasteiger partial charge in [-0.05, 0) is 55.5 Å². The minimum atomic E-state index is -0.803. The van der Waals surface area contributed by atoms with Crippen molar-refractivity contribution in [3.63, 3.8) is 0 Å². The average Bonchev–Trinajstić information content (AvgIpc) is 3.49. The van der Waals surface area contributed by atoms with E-state index in [1.54, 1.807) is 6.07 Å². The van der Waals surface area contributed by atoms with Gasteiger partial charge < -0.3 is 26.2 Å². The van der Waals surface area contributed by atoms with E-state index in [9.17, 15) is 14.4 Å². The Bertz CT molecular complexity index is 1190. The number of amides is 4. The Morgan fingerprint density at radius 3 is 2.20 bits per heavy atom. The number of nitrogens with zero attached hydrogens (tertiary/aromatic N) is 1. The molecule has 0 saturated carbocycles. The van der Waals surface area contributed by atoms with Crippen molar-refractivity contribution in [3.8, 4) is 0 Å². The average molecular weight is 481 g/mol. The molecule has 4 amide bonds. The molecular weight excluding hydrogens is 448 g/mol. The molecule has 0 saturated heterocycles. The normalized spacial score (nSPS) is 11.3. The van der Waals surface area contributed by atoms with E-state index in [2.05, 4.69) is 27.5 Å². The minimum absolute atomic E-state index is 0.00229. The molecule has 0 aliphatic carbocycles. The summed E-state index contributed by atoms with van der Waals surface area (Å²) in [5.41, 5.74) is 11.8. The van der Waals surface area contributed by atoms with E-state index in [0.717, 1.165) is 19.3 Å². The highest BCUT2D eigenvalue weighted by Gasteiger charge is 2.39. The van der Waals surface area contributed by atoms with Gasteiger partial charge in [0.15, 0.2) is 11.6 Å². The molecular formula is C25H32N6O4. The van der Waals surface area contributed by atoms with Gasteiger partial charge in [0.25, 0.3) is 11.8 Å². The highest BCUT2D eigenvalue weighted by atomic mass is 16.4. The zero-order chi connectivity index (χ0) is 25.6. The topological polar surface area (TPSA) is 169 Å². The van der Waals surface area contributed by atoms with Crippen molar-refractivity contribution in [3.05, 3.63) is 65.0 Å². The number of aryl methyl sites for hydroxylation is 1. The standard InChI is InChI=1S/C25H32N6O4/c1-4-7-8-15-9-11-16(12-10-15)28-24(34)31-22-19(21(27)33)29-23(30-22)25(5-2,6-3)18-14-13-17(35-18)20(26)32/h9-14H,4-8H2,1-3H3,(H2,26,32)(H2,27,33)(H,29,30)(H2,28,31,34). The molecule has 2 heterocycles. The van der Waals surface area contributed by atoms with Crippen molar-refractivity contribution in [2.45, 2.75) is 58.3 Å². The number of benzene rings is 1. The third-order valence-electron chi connectivity index (χ3n) is 6.19. The number of unbranched alkanes of at least 4 members (excludes halogenated alkanes) is 1. The fourth-order valence-electron chi connectivity index (χ4n) is 4.05. The third-order valence-corrected chi connectivity index (χ3v) is 6.19. The number of primary amides is 2. The highest BCUT2D eigenvalue weighted by molar-refractivity contribution is 6.04. The van der Waals surface area contributed by atoms with Crippen molar-refractivity contribution in [2.75, 3.05) is 10.6 Å². The molecule has 3 rings (SSSR count). The zero-order valence-electron chi connectivity index (χ0n) is 20.2. The van der Waals surface area contributed by atoms with Crippen LogP contribution in [0.1, 0.15) is 84.6 Å². The largest absolute Gasteiger partial charge is 0.455 e. The summed E-state index contributed by atoms with van der Waals surface area (Å²) in [6, 6.07) is 10.2. The Hall–Kier alpha value is -4.08. The van der Waals surface area contributed by atoms with Gasteiger partial charge in [0.05, 0.1) is 5.41 Å². The van der Waals surface area contributed by atoms with Crippen LogP contribution in [-0.4, -0.2) is 27.8 Å². The lowest BCUT2D eigenvalue weighted by Crippen LogP contribution is -2.27. The van der Waals surface area contributed by atoms with Gasteiger partial charge in [0.2, 0.25) is 0 Å². The van der Waals surface area contributed by atoms with Gasteiger partial charge in [-0.3, -0.25) is 14.9 Å². The van der Waals surface area contributed by atoms with Crippen LogP contribution < -0.4 is 22.1 Å². The summed E-state index contributed by atoms with van der Waals surface area (Å²) >= 11 is 0. The molecule has 186 valence electrons. The van der Waals surface area contributed by atoms with Gasteiger partial charge >= 0.3 is 6.03 Å². The second kappa shape index (κ2) is 10.9. The molecule has 0 bridgehead atoms. The summed E-state index contributed by atoms with van der Waals surface area (Å²) in [5.74, 6) is -0.619. The van der Waals surface area contributed by atoms with Crippen LogP contribution in [0, 0.1) is 0 Å². The number of urea groups is 1. The fourth-order valence-corrected chi connectivity index (χ4v) is 4.05. The Morgan fingerprint density at radius 2 is 1.66 bits per heavy atom. The SMILES string of the molecule is CCCCc1ccc(NC(=O)Nc2nc(C(CC)(CC)c3ccc(C(N)=O)o3)[nH]c2C(N)=O)cc1. The Kier molecular flexibility index (Phi) is 7.95. The first kappa shape index (κ1) is 25.5. The molecule has 0 fully saturated rings. The molecule has 0 atom stereocenters. The summed E-state index contributed by atoms with van der Waals surface area (Å²) < 4.78 is 5.70. The molecule has 7 N–H and O–H groups in total. The van der Waals surface area contributed by atoms with Crippen LogP contribution in [0.25, 0.3) is 0 Å². The smallest absolute Gasteiger partial charge is 0.324 e. The van der Waals surface area contributed by atoms with Crippen LogP contribution in [0.2, 0.25) is 0 Å². The van der Waals surface area contributed by atoms with Gasteiger partial charge in [-0.1, -0.05) is 39.3 Å². The second-order valence-electron chi connectivity index (χ2n) is 8.37. The molecule has 10 heteroatoms. The maximum atomic E-state index is 12.7. The number of aromatic amines is 1. The third kappa shape index (κ3) is 5.53. The van der Waals surface area contributed by atoms with Crippen LogP contribution in [0.4, 0.5) is 16.3 Å². The van der Waals surface area contributed by atoms with E-state index < -0.39 is 23.3 Å². The van der Waals surface area contributed by atoms with Crippen LogP contribution >= 0.6 is 0 Å². The lowest BCUT2D eigenvalue weighted by atomic mass is 9.79. The summed E-state index contributed by atoms with van der Waals surface area (Å²) in [6.07, 6.45) is 4.24. The van der Waals surface area contributed by atoms with Crippen molar-refractivity contribution < 1.29 is 18.8 Å². The van der Waals surface area contributed by atoms with Crippen molar-refractivity contribution in [1.82, 2.24) is 9.97 Å². The molecule has 0 aliphatic heterocycles. The molecule has 2 aromatic heterocycles. The number of H-pyrrole nitrogens is 1. The van der Waals surface area contributed by atoms with Crippen LogP contribution in [-0.2, 0) is 11.8 Å². The Morgan fingerprint density at radius 1 is 0.971 bits per heavy atom. The van der Waals surface area contributed by atoms with E-state index in [-0.39, 0.29) is 17.3 Å². The van der Waals surface area contributed by atoms with Gasteiger partial charge in [0, 0.05) is 5.69 Å². The van der Waals surface area contributed by atoms with E-state index in [4.69, 9.17) is 15.9 Å². The molecule has 0 radical (unpaired) electrons. The predicted molar refractivity (Wildman–Crippen MR) is 133 cm³/mol. The van der Waals surface area contributed by atoms with Crippen molar-refractivity contribution in [1.29, 1.82) is 0 Å². The highest BCUT2D eigenvalue weighted by Crippen LogP contribution is 2.39. The van der Waals surface area contributed by atoms with Gasteiger partial charge in [-0.25, -0.2) is 9.78 Å². The number of aromatic nitrogens is 2. The lowest BCUT2D eigenvalue weighted by molar-refractivity contribution is 0.0968. The summed E-state index contributed by atoms with van der Waals surface area (Å²) in [7, 11) is 0. The van der Waals surface area contributed by atoms with Crippen molar-refractivity contribution in [2.24, 2.45) is 11.5 Å². The number of furan rings is 1. The first-order valence-electron chi connectivity index (χ1n) is 11.7. The Balaban J connectivity index is 1.86. The Labute approximate surface area is 203 Å². The summed E-state index contributed by atoms with van der Waals surface area (Å²) in [4.78, 5) is 43.8. The monoisotopic (exact) mass is 480 g/mol. The molecule has 0 unspecified atom stereocenters. The number of nitrogens with one attached hydrogen (secondary N) is 3. The van der Waals surface area contributed by atoms with Crippen LogP contribution in [0.5, 0.6) is 0 Å². The quantitative estimate of drug-likeness (QED) is 0.275. The summed E-state index contributed by atoms with van der Waals surface area (Å²) in [6.45, 7) is 5.98. The van der Waals surface area contributed by atoms with Crippen LogP contribution in [0.3, 0.4) is 0 Å². The molecule has 10 nitrogen and oxygen atoms in total. The molecule has 1 aromatic carbocycles. The maximum absolute atomic E-state index is 12.7. The number of carbonyl (C=O) groups excluding carboxylic acids is 3. The predicted octanol–water partition coefficient (Wildman–Crippen LogP) is 4.29. The fraction of sp³-hybridized carbons (Fsp3) is 0.360. The molecule has 0 spiro atoms. The molecule has 0 aliphatic rings. The maximum Gasteiger partial charge on any atom is 0.324 e. The van der Waals surface area contributed by atoms with Gasteiger partial charge in [-0.2, -0.15) is 0 Å². The number of nitrogens with two attached hydrogens (primary N) is 2. The lowest BCUT2D eigenvalue weighted by Gasteiger charge is -2.27. The summed E-state index contributed by atoms with van der Waals surface area (Å²) in [5, 5.41) is 5.34. The van der Waals surface area contributed by atoms with E-state index in [0.29, 0.717) is 30.1 Å². The van der Waals surface area contributed by atoms with Gasteiger partial charge in [0.1, 0.15) is 17.3 Å². The second-order valence-corrected chi connectivity index (χ2v) is 8.37. The number of imidazole rings is 1. The number of carbonyl (C=O) groups is 3. The number of anilines is 2. The van der Waals surface area contributed by atoms with Crippen LogP contribution in [0.15, 0.2) is 40.8 Å². The first-order valence-corrected chi connectivity index (χ1v) is 11.7. The van der Waals surface area contributed by atoms with Gasteiger partial charge in [-0.15, -0.1) is 0 Å². The first-order chi connectivity index (χ1) is 16.7. The number of rotatable bonds is 11. The zero-order valence-corrected chi connectivity index (χ0v) is 20.2. The van der Waals surface area contributed by atoms with E-state index in [1.165, 1.54) is 11.6 Å². The number of hydrogen-bond acceptors (Lipinski definition) is 5. The van der Waals surface area contributed by atoms with E-state index in [1.807, 2.05) is 38.1 Å². The molecule has 35 heavy (non-hydrogen) atoms. The van der Waals surface area contributed by atoms with Crippen molar-refractivity contribution >= 4 is 29.4 Å². The minimum Gasteiger partial charge on any atom is -0.455 e. The van der Waals surface area contributed by atoms with E-state index >= 15 is 0 Å².